The van der Waals surface area contributed by atoms with E-state index in [0.717, 1.165) is 0 Å². The van der Waals surface area contributed by atoms with Crippen LogP contribution in [-0.4, -0.2) is 12.0 Å². The molecule has 5 nitrogen and oxygen atoms in total. The van der Waals surface area contributed by atoms with E-state index in [1.165, 1.54) is 31.2 Å². The van der Waals surface area contributed by atoms with E-state index in [-0.39, 0.29) is 5.69 Å². The van der Waals surface area contributed by atoms with Gasteiger partial charge in [0.2, 0.25) is 0 Å². The molecular weight excluding hydrogens is 285 g/mol. The van der Waals surface area contributed by atoms with Gasteiger partial charge in [-0.15, -0.1) is 0 Å². The van der Waals surface area contributed by atoms with Crippen LogP contribution < -0.4 is 15.8 Å². The van der Waals surface area contributed by atoms with Crippen LogP contribution in [0, 0.1) is 17.1 Å². The first-order valence-corrected chi connectivity index (χ1v) is 6.52. The molecule has 6 heteroatoms. The molecular formula is C16H14FN3O2. The second kappa shape index (κ2) is 6.59. The fourth-order valence-corrected chi connectivity index (χ4v) is 1.77. The van der Waals surface area contributed by atoms with Crippen molar-refractivity contribution in [2.45, 2.75) is 13.0 Å². The lowest BCUT2D eigenvalue weighted by Gasteiger charge is -2.15. The van der Waals surface area contributed by atoms with Crippen molar-refractivity contribution in [2.75, 3.05) is 11.1 Å². The third-order valence-electron chi connectivity index (χ3n) is 2.89. The zero-order valence-electron chi connectivity index (χ0n) is 11.8. The summed E-state index contributed by atoms with van der Waals surface area (Å²) in [5, 5.41) is 11.2. The molecule has 2 aromatic carbocycles. The van der Waals surface area contributed by atoms with Gasteiger partial charge in [0.05, 0.1) is 17.3 Å². The molecule has 3 N–H and O–H groups in total. The summed E-state index contributed by atoms with van der Waals surface area (Å²) in [6, 6.07) is 12.3. The number of carbonyl (C=O) groups is 1. The first kappa shape index (κ1) is 15.3. The number of ether oxygens (including phenoxy) is 1. The molecule has 0 radical (unpaired) electrons. The van der Waals surface area contributed by atoms with Gasteiger partial charge in [-0.05, 0) is 43.3 Å². The number of nitriles is 1. The summed E-state index contributed by atoms with van der Waals surface area (Å²) in [6.45, 7) is 1.53. The van der Waals surface area contributed by atoms with Crippen molar-refractivity contribution in [1.29, 1.82) is 5.26 Å². The van der Waals surface area contributed by atoms with Gasteiger partial charge in [0, 0.05) is 5.69 Å². The SMILES string of the molecule is CC(Oc1cccc(C#N)c1)C(=O)Nc1cc(N)ccc1F. The number of anilines is 2. The Morgan fingerprint density at radius 3 is 2.86 bits per heavy atom. The molecule has 0 fully saturated rings. The molecule has 0 aliphatic carbocycles. The normalized spacial score (nSPS) is 11.3. The summed E-state index contributed by atoms with van der Waals surface area (Å²) in [4.78, 5) is 12.0. The van der Waals surface area contributed by atoms with Crippen molar-refractivity contribution in [3.05, 3.63) is 53.8 Å². The predicted octanol–water partition coefficient (Wildman–Crippen LogP) is 2.69. The van der Waals surface area contributed by atoms with Crippen LogP contribution in [0.15, 0.2) is 42.5 Å². The van der Waals surface area contributed by atoms with Crippen LogP contribution in [0.25, 0.3) is 0 Å². The Morgan fingerprint density at radius 1 is 1.36 bits per heavy atom. The topological polar surface area (TPSA) is 88.1 Å². The second-order valence-corrected chi connectivity index (χ2v) is 4.63. The Kier molecular flexibility index (Phi) is 4.59. The van der Waals surface area contributed by atoms with E-state index in [2.05, 4.69) is 5.32 Å². The highest BCUT2D eigenvalue weighted by Gasteiger charge is 2.16. The molecule has 0 aliphatic rings. The Morgan fingerprint density at radius 2 is 2.14 bits per heavy atom. The Hall–Kier alpha value is -3.07. The molecule has 0 aromatic heterocycles. The quantitative estimate of drug-likeness (QED) is 0.850. The molecule has 1 amide bonds. The molecule has 0 aliphatic heterocycles. The van der Waals surface area contributed by atoms with Gasteiger partial charge in [-0.25, -0.2) is 4.39 Å². The van der Waals surface area contributed by atoms with Crippen LogP contribution in [0.2, 0.25) is 0 Å². The number of benzene rings is 2. The standard InChI is InChI=1S/C16H14FN3O2/c1-10(22-13-4-2-3-11(7-13)9-18)16(21)20-15-8-12(19)5-6-14(15)17/h2-8,10H,19H2,1H3,(H,20,21). The highest BCUT2D eigenvalue weighted by atomic mass is 19.1. The van der Waals surface area contributed by atoms with Gasteiger partial charge < -0.3 is 15.8 Å². The Labute approximate surface area is 127 Å². The lowest BCUT2D eigenvalue weighted by Crippen LogP contribution is -2.30. The first-order valence-electron chi connectivity index (χ1n) is 6.52. The zero-order chi connectivity index (χ0) is 16.1. The van der Waals surface area contributed by atoms with Crippen LogP contribution in [0.5, 0.6) is 5.75 Å². The molecule has 2 aromatic rings. The number of nitrogens with one attached hydrogen (secondary N) is 1. The lowest BCUT2D eigenvalue weighted by molar-refractivity contribution is -0.122. The highest BCUT2D eigenvalue weighted by molar-refractivity contribution is 5.94. The largest absolute Gasteiger partial charge is 0.481 e. The van der Waals surface area contributed by atoms with Crippen molar-refractivity contribution in [3.63, 3.8) is 0 Å². The number of hydrogen-bond donors (Lipinski definition) is 2. The minimum absolute atomic E-state index is 0.00812. The Balaban J connectivity index is 2.06. The van der Waals surface area contributed by atoms with Gasteiger partial charge in [-0.1, -0.05) is 6.07 Å². The maximum atomic E-state index is 13.6. The van der Waals surface area contributed by atoms with Crippen molar-refractivity contribution in [3.8, 4) is 11.8 Å². The Bertz CT molecular complexity index is 740. The van der Waals surface area contributed by atoms with Gasteiger partial charge in [0.25, 0.3) is 5.91 Å². The van der Waals surface area contributed by atoms with Crippen LogP contribution in [0.4, 0.5) is 15.8 Å². The van der Waals surface area contributed by atoms with Crippen LogP contribution in [0.1, 0.15) is 12.5 Å². The van der Waals surface area contributed by atoms with Crippen molar-refractivity contribution >= 4 is 17.3 Å². The maximum Gasteiger partial charge on any atom is 0.265 e. The van der Waals surface area contributed by atoms with Gasteiger partial charge in [-0.2, -0.15) is 5.26 Å². The molecule has 22 heavy (non-hydrogen) atoms. The number of amides is 1. The maximum absolute atomic E-state index is 13.6. The second-order valence-electron chi connectivity index (χ2n) is 4.63. The molecule has 0 saturated carbocycles. The third kappa shape index (κ3) is 3.73. The smallest absolute Gasteiger partial charge is 0.265 e. The van der Waals surface area contributed by atoms with E-state index in [4.69, 9.17) is 15.7 Å². The fourth-order valence-electron chi connectivity index (χ4n) is 1.77. The van der Waals surface area contributed by atoms with Gasteiger partial charge >= 0.3 is 0 Å². The highest BCUT2D eigenvalue weighted by Crippen LogP contribution is 2.19. The van der Waals surface area contributed by atoms with Gasteiger partial charge in [0.1, 0.15) is 11.6 Å². The van der Waals surface area contributed by atoms with E-state index in [1.54, 1.807) is 18.2 Å². The minimum Gasteiger partial charge on any atom is -0.481 e. The van der Waals surface area contributed by atoms with E-state index in [9.17, 15) is 9.18 Å². The number of nitrogen functional groups attached to an aromatic ring is 1. The summed E-state index contributed by atoms with van der Waals surface area (Å²) in [7, 11) is 0. The van der Waals surface area contributed by atoms with E-state index in [0.29, 0.717) is 17.0 Å². The molecule has 0 bridgehead atoms. The summed E-state index contributed by atoms with van der Waals surface area (Å²) >= 11 is 0. The molecule has 1 unspecified atom stereocenters. The molecule has 2 rings (SSSR count). The molecule has 112 valence electrons. The summed E-state index contributed by atoms with van der Waals surface area (Å²) in [6.07, 6.45) is -0.866. The zero-order valence-corrected chi connectivity index (χ0v) is 11.8. The average molecular weight is 299 g/mol. The van der Waals surface area contributed by atoms with Gasteiger partial charge in [0.15, 0.2) is 6.10 Å². The van der Waals surface area contributed by atoms with E-state index >= 15 is 0 Å². The average Bonchev–Trinajstić information content (AvgIpc) is 2.51. The number of hydrogen-bond acceptors (Lipinski definition) is 4. The van der Waals surface area contributed by atoms with Crippen molar-refractivity contribution in [1.82, 2.24) is 0 Å². The number of carbonyl (C=O) groups excluding carboxylic acids is 1. The van der Waals surface area contributed by atoms with Crippen molar-refractivity contribution < 1.29 is 13.9 Å². The lowest BCUT2D eigenvalue weighted by atomic mass is 10.2. The predicted molar refractivity (Wildman–Crippen MR) is 80.7 cm³/mol. The first-order chi connectivity index (χ1) is 10.5. The molecule has 0 heterocycles. The minimum atomic E-state index is -0.866. The van der Waals surface area contributed by atoms with Gasteiger partial charge in [-0.3, -0.25) is 4.79 Å². The summed E-state index contributed by atoms with van der Waals surface area (Å²) in [5.41, 5.74) is 6.31. The third-order valence-corrected chi connectivity index (χ3v) is 2.89. The molecule has 0 saturated heterocycles. The molecule has 0 spiro atoms. The van der Waals surface area contributed by atoms with E-state index in [1.807, 2.05) is 6.07 Å². The van der Waals surface area contributed by atoms with Crippen LogP contribution in [-0.2, 0) is 4.79 Å². The van der Waals surface area contributed by atoms with Crippen LogP contribution >= 0.6 is 0 Å². The van der Waals surface area contributed by atoms with Crippen molar-refractivity contribution in [2.24, 2.45) is 0 Å². The summed E-state index contributed by atoms with van der Waals surface area (Å²) in [5.74, 6) is -0.720. The summed E-state index contributed by atoms with van der Waals surface area (Å²) < 4.78 is 19.0. The number of rotatable bonds is 4. The molecule has 1 atom stereocenters. The monoisotopic (exact) mass is 299 g/mol. The van der Waals surface area contributed by atoms with E-state index < -0.39 is 17.8 Å². The number of nitrogens with zero attached hydrogens (tertiary/aromatic N) is 1. The number of nitrogens with two attached hydrogens (primary N) is 1. The van der Waals surface area contributed by atoms with Crippen LogP contribution in [0.3, 0.4) is 0 Å². The number of halogens is 1. The fraction of sp³-hybridized carbons (Fsp3) is 0.125.